The van der Waals surface area contributed by atoms with Crippen LogP contribution in [0.25, 0.3) is 0 Å². The third-order valence-electron chi connectivity index (χ3n) is 1.59. The molecule has 0 radical (unpaired) electrons. The molecule has 0 saturated carbocycles. The monoisotopic (exact) mass is 229 g/mol. The molecule has 0 heterocycles. The molecular weight excluding hydrogens is 222 g/mol. The van der Waals surface area contributed by atoms with E-state index in [4.69, 9.17) is 5.73 Å². The molecule has 0 aliphatic heterocycles. The number of halogens is 5. The van der Waals surface area contributed by atoms with E-state index in [1.54, 1.807) is 0 Å². The number of alkyl halides is 2. The number of hydrogen-bond donors (Lipinski definition) is 1. The van der Waals surface area contributed by atoms with E-state index in [-0.39, 0.29) is 18.0 Å². The van der Waals surface area contributed by atoms with E-state index < -0.39 is 24.1 Å². The highest BCUT2D eigenvalue weighted by molar-refractivity contribution is 5.85. The summed E-state index contributed by atoms with van der Waals surface area (Å²) in [6, 6.07) is 0.625. The van der Waals surface area contributed by atoms with Crippen LogP contribution in [0.4, 0.5) is 17.6 Å². The quantitative estimate of drug-likeness (QED) is 0.776. The summed E-state index contributed by atoms with van der Waals surface area (Å²) in [6.07, 6.45) is -2.86. The van der Waals surface area contributed by atoms with Gasteiger partial charge in [-0.3, -0.25) is 0 Å². The van der Waals surface area contributed by atoms with Gasteiger partial charge in [-0.05, 0) is 6.07 Å². The molecular formula is C8H8ClF4N. The van der Waals surface area contributed by atoms with Crippen LogP contribution in [0, 0.1) is 11.6 Å². The average molecular weight is 230 g/mol. The van der Waals surface area contributed by atoms with Gasteiger partial charge in [0.05, 0.1) is 6.04 Å². The molecule has 1 nitrogen and oxygen atoms in total. The lowest BCUT2D eigenvalue weighted by molar-refractivity contribution is 0.114. The van der Waals surface area contributed by atoms with Gasteiger partial charge in [0.25, 0.3) is 6.43 Å². The first-order valence-corrected chi connectivity index (χ1v) is 3.51. The first kappa shape index (κ1) is 13.2. The Morgan fingerprint density at radius 1 is 1.14 bits per heavy atom. The number of rotatable bonds is 2. The molecule has 0 fully saturated rings. The number of benzene rings is 1. The van der Waals surface area contributed by atoms with Crippen molar-refractivity contribution in [3.8, 4) is 0 Å². The van der Waals surface area contributed by atoms with E-state index in [2.05, 4.69) is 0 Å². The minimum Gasteiger partial charge on any atom is -0.319 e. The zero-order chi connectivity index (χ0) is 10.0. The smallest absolute Gasteiger partial charge is 0.257 e. The Morgan fingerprint density at radius 3 is 2.14 bits per heavy atom. The highest BCUT2D eigenvalue weighted by Gasteiger charge is 2.20. The molecule has 0 aliphatic rings. The first-order valence-electron chi connectivity index (χ1n) is 3.51. The Hall–Kier alpha value is -0.810. The van der Waals surface area contributed by atoms with Crippen molar-refractivity contribution in [2.24, 2.45) is 5.73 Å². The number of nitrogens with two attached hydrogens (primary N) is 1. The average Bonchev–Trinajstić information content (AvgIpc) is 2.03. The number of hydrogen-bond acceptors (Lipinski definition) is 1. The van der Waals surface area contributed by atoms with Crippen molar-refractivity contribution in [1.82, 2.24) is 0 Å². The maximum atomic E-state index is 12.8. The Balaban J connectivity index is 0.00000169. The van der Waals surface area contributed by atoms with Gasteiger partial charge in [-0.15, -0.1) is 12.4 Å². The fourth-order valence-corrected chi connectivity index (χ4v) is 0.908. The van der Waals surface area contributed by atoms with E-state index in [1.165, 1.54) is 0 Å². The fourth-order valence-electron chi connectivity index (χ4n) is 0.908. The molecule has 1 aromatic carbocycles. The highest BCUT2D eigenvalue weighted by atomic mass is 35.5. The largest absolute Gasteiger partial charge is 0.319 e. The van der Waals surface area contributed by atoms with Crippen LogP contribution >= 0.6 is 12.4 Å². The Morgan fingerprint density at radius 2 is 1.71 bits per heavy atom. The fraction of sp³-hybridized carbons (Fsp3) is 0.250. The van der Waals surface area contributed by atoms with E-state index in [1.807, 2.05) is 0 Å². The van der Waals surface area contributed by atoms with Gasteiger partial charge in [-0.2, -0.15) is 0 Å². The molecule has 1 atom stereocenters. The molecule has 0 aliphatic carbocycles. The highest BCUT2D eigenvalue weighted by Crippen LogP contribution is 2.21. The van der Waals surface area contributed by atoms with Crippen molar-refractivity contribution < 1.29 is 17.6 Å². The van der Waals surface area contributed by atoms with E-state index in [0.29, 0.717) is 6.07 Å². The summed E-state index contributed by atoms with van der Waals surface area (Å²) < 4.78 is 49.2. The van der Waals surface area contributed by atoms with Crippen LogP contribution < -0.4 is 5.73 Å². The Bertz CT molecular complexity index is 305. The van der Waals surface area contributed by atoms with E-state index in [9.17, 15) is 17.6 Å². The van der Waals surface area contributed by atoms with Crippen LogP contribution in [0.15, 0.2) is 18.2 Å². The standard InChI is InChI=1S/C8H7F4N.ClH/c9-4-1-2-5(6(10)3-4)7(13)8(11)12;/h1-3,7-8H,13H2;1H/t7-;/m0./s1. The Labute approximate surface area is 84.3 Å². The van der Waals surface area contributed by atoms with Crippen molar-refractivity contribution in [3.05, 3.63) is 35.4 Å². The lowest BCUT2D eigenvalue weighted by Gasteiger charge is -2.11. The third kappa shape index (κ3) is 2.85. The van der Waals surface area contributed by atoms with Crippen LogP contribution in [0.3, 0.4) is 0 Å². The zero-order valence-corrected chi connectivity index (χ0v) is 7.70. The lowest BCUT2D eigenvalue weighted by atomic mass is 10.1. The third-order valence-corrected chi connectivity index (χ3v) is 1.59. The van der Waals surface area contributed by atoms with Gasteiger partial charge in [-0.1, -0.05) is 6.07 Å². The van der Waals surface area contributed by atoms with Crippen LogP contribution in [0.5, 0.6) is 0 Å². The van der Waals surface area contributed by atoms with Gasteiger partial charge in [0.1, 0.15) is 11.6 Å². The molecule has 14 heavy (non-hydrogen) atoms. The molecule has 2 N–H and O–H groups in total. The van der Waals surface area contributed by atoms with Gasteiger partial charge in [-0.25, -0.2) is 17.6 Å². The minimum absolute atomic E-state index is 0. The molecule has 0 spiro atoms. The van der Waals surface area contributed by atoms with Gasteiger partial charge in [0.15, 0.2) is 0 Å². The summed E-state index contributed by atoms with van der Waals surface area (Å²) in [6.45, 7) is 0. The molecule has 0 saturated heterocycles. The molecule has 1 rings (SSSR count). The Kier molecular flexibility index (Phi) is 4.87. The van der Waals surface area contributed by atoms with Crippen molar-refractivity contribution in [2.45, 2.75) is 12.5 Å². The summed E-state index contributed by atoms with van der Waals surface area (Å²) in [5, 5.41) is 0. The SMILES string of the molecule is Cl.N[C@@H](c1ccc(F)cc1F)C(F)F. The van der Waals surface area contributed by atoms with Crippen LogP contribution in [-0.2, 0) is 0 Å². The summed E-state index contributed by atoms with van der Waals surface area (Å²) in [5.74, 6) is -1.87. The molecule has 0 aromatic heterocycles. The van der Waals surface area contributed by atoms with Crippen molar-refractivity contribution in [3.63, 3.8) is 0 Å². The predicted molar refractivity (Wildman–Crippen MR) is 46.5 cm³/mol. The maximum absolute atomic E-state index is 12.8. The van der Waals surface area contributed by atoms with Gasteiger partial charge in [0.2, 0.25) is 0 Å². The van der Waals surface area contributed by atoms with Gasteiger partial charge >= 0.3 is 0 Å². The van der Waals surface area contributed by atoms with Crippen molar-refractivity contribution >= 4 is 12.4 Å². The predicted octanol–water partition coefficient (Wildman–Crippen LogP) is 2.65. The molecule has 80 valence electrons. The topological polar surface area (TPSA) is 26.0 Å². The second-order valence-electron chi connectivity index (χ2n) is 2.53. The maximum Gasteiger partial charge on any atom is 0.257 e. The van der Waals surface area contributed by atoms with Gasteiger partial charge < -0.3 is 5.73 Å². The molecule has 0 bridgehead atoms. The van der Waals surface area contributed by atoms with Crippen LogP contribution in [0.1, 0.15) is 11.6 Å². The van der Waals surface area contributed by atoms with E-state index in [0.717, 1.165) is 12.1 Å². The summed E-state index contributed by atoms with van der Waals surface area (Å²) >= 11 is 0. The minimum atomic E-state index is -2.86. The lowest BCUT2D eigenvalue weighted by Crippen LogP contribution is -2.20. The van der Waals surface area contributed by atoms with Crippen LogP contribution in [0.2, 0.25) is 0 Å². The second kappa shape index (κ2) is 5.17. The second-order valence-corrected chi connectivity index (χ2v) is 2.53. The summed E-state index contributed by atoms with van der Waals surface area (Å²) in [7, 11) is 0. The van der Waals surface area contributed by atoms with Gasteiger partial charge in [0, 0.05) is 11.6 Å². The van der Waals surface area contributed by atoms with Crippen molar-refractivity contribution in [1.29, 1.82) is 0 Å². The normalized spacial score (nSPS) is 12.4. The summed E-state index contributed by atoms with van der Waals surface area (Å²) in [5.41, 5.74) is 4.60. The first-order chi connectivity index (χ1) is 6.02. The summed E-state index contributed by atoms with van der Waals surface area (Å²) in [4.78, 5) is 0. The van der Waals surface area contributed by atoms with E-state index >= 15 is 0 Å². The molecule has 1 aromatic rings. The molecule has 6 heteroatoms. The van der Waals surface area contributed by atoms with Crippen LogP contribution in [-0.4, -0.2) is 6.43 Å². The zero-order valence-electron chi connectivity index (χ0n) is 6.88. The molecule has 0 unspecified atom stereocenters. The molecule has 0 amide bonds. The van der Waals surface area contributed by atoms with Crippen molar-refractivity contribution in [2.75, 3.05) is 0 Å².